The van der Waals surface area contributed by atoms with Crippen LogP contribution >= 0.6 is 0 Å². The molecule has 1 atom stereocenters. The maximum absolute atomic E-state index is 12.9. The highest BCUT2D eigenvalue weighted by Crippen LogP contribution is 2.32. The Kier molecular flexibility index (Phi) is 5.56. The van der Waals surface area contributed by atoms with Gasteiger partial charge in [-0.15, -0.1) is 0 Å². The van der Waals surface area contributed by atoms with Crippen LogP contribution in [-0.2, 0) is 11.8 Å². The lowest BCUT2D eigenvalue weighted by molar-refractivity contribution is -0.126. The van der Waals surface area contributed by atoms with Crippen LogP contribution in [0.25, 0.3) is 6.08 Å². The molecule has 3 aromatic rings. The number of aryl methyl sites for hydroxylation is 3. The van der Waals surface area contributed by atoms with Gasteiger partial charge in [-0.3, -0.25) is 9.48 Å². The third-order valence-electron chi connectivity index (χ3n) is 5.25. The third-order valence-corrected chi connectivity index (χ3v) is 5.25. The molecule has 1 N–H and O–H groups in total. The van der Waals surface area contributed by atoms with Gasteiger partial charge < -0.3 is 10.2 Å². The van der Waals surface area contributed by atoms with Crippen molar-refractivity contribution < 1.29 is 4.79 Å². The van der Waals surface area contributed by atoms with Crippen LogP contribution in [0, 0.1) is 13.8 Å². The smallest absolute Gasteiger partial charge is 0.247 e. The first kappa shape index (κ1) is 19.8. The zero-order chi connectivity index (χ0) is 21.1. The Balaban J connectivity index is 1.55. The number of hydrogen-bond donors (Lipinski definition) is 1. The zero-order valence-electron chi connectivity index (χ0n) is 17.4. The Morgan fingerprint density at radius 2 is 2.10 bits per heavy atom. The number of nitrogens with one attached hydrogen (secondary N) is 1. The summed E-state index contributed by atoms with van der Waals surface area (Å²) in [6.45, 7) is 4.57. The summed E-state index contributed by atoms with van der Waals surface area (Å²) in [4.78, 5) is 28.3. The second-order valence-corrected chi connectivity index (χ2v) is 7.42. The molecule has 3 aromatic heterocycles. The van der Waals surface area contributed by atoms with Crippen molar-refractivity contribution in [2.24, 2.45) is 7.05 Å². The van der Waals surface area contributed by atoms with E-state index in [1.807, 2.05) is 50.1 Å². The first-order valence-corrected chi connectivity index (χ1v) is 10.0. The lowest BCUT2D eigenvalue weighted by atomic mass is 10.1. The molecule has 4 rings (SSSR count). The van der Waals surface area contributed by atoms with E-state index in [0.29, 0.717) is 18.2 Å². The largest absolute Gasteiger partial charge is 0.331 e. The summed E-state index contributed by atoms with van der Waals surface area (Å²) in [6, 6.07) is 7.62. The Morgan fingerprint density at radius 3 is 2.87 bits per heavy atom. The number of likely N-dealkylation sites (tertiary alicyclic amines) is 1. The number of aromatic nitrogens is 5. The molecule has 1 aliphatic rings. The number of rotatable bonds is 5. The fourth-order valence-corrected chi connectivity index (χ4v) is 3.70. The number of nitrogens with zero attached hydrogens (tertiary/aromatic N) is 6. The van der Waals surface area contributed by atoms with Crippen LogP contribution in [0.5, 0.6) is 0 Å². The quantitative estimate of drug-likeness (QED) is 0.657. The van der Waals surface area contributed by atoms with Crippen molar-refractivity contribution >= 4 is 23.6 Å². The molecule has 4 heterocycles. The minimum atomic E-state index is -0.0687. The number of carbonyl (C=O) groups excluding carboxylic acids is 1. The number of carbonyl (C=O) groups is 1. The predicted molar refractivity (Wildman–Crippen MR) is 115 cm³/mol. The molecule has 8 nitrogen and oxygen atoms in total. The van der Waals surface area contributed by atoms with Gasteiger partial charge in [0.15, 0.2) is 0 Å². The van der Waals surface area contributed by atoms with Gasteiger partial charge in [-0.05, 0) is 50.5 Å². The molecule has 1 unspecified atom stereocenters. The van der Waals surface area contributed by atoms with Crippen LogP contribution in [0.15, 0.2) is 42.7 Å². The molecule has 1 aliphatic heterocycles. The van der Waals surface area contributed by atoms with E-state index < -0.39 is 0 Å². The van der Waals surface area contributed by atoms with Gasteiger partial charge in [0.2, 0.25) is 5.91 Å². The molecule has 0 spiro atoms. The van der Waals surface area contributed by atoms with Gasteiger partial charge in [0.1, 0.15) is 17.5 Å². The summed E-state index contributed by atoms with van der Waals surface area (Å²) in [5, 5.41) is 7.41. The van der Waals surface area contributed by atoms with E-state index in [0.717, 1.165) is 35.6 Å². The SMILES string of the molecule is Cc1nc(Nc2ncccc2C)cc(C2CCCN2C(=O)/C=C/c2ccnn2C)n1. The normalized spacial score (nSPS) is 16.4. The van der Waals surface area contributed by atoms with Gasteiger partial charge in [-0.1, -0.05) is 6.07 Å². The molecular weight excluding hydrogens is 378 g/mol. The van der Waals surface area contributed by atoms with Crippen molar-refractivity contribution in [1.82, 2.24) is 29.6 Å². The van der Waals surface area contributed by atoms with Crippen molar-refractivity contribution in [3.63, 3.8) is 0 Å². The van der Waals surface area contributed by atoms with Crippen LogP contribution in [0.1, 0.15) is 41.7 Å². The third kappa shape index (κ3) is 4.22. The predicted octanol–water partition coefficient (Wildman–Crippen LogP) is 3.34. The maximum Gasteiger partial charge on any atom is 0.247 e. The number of anilines is 2. The molecule has 1 amide bonds. The van der Waals surface area contributed by atoms with Crippen LogP contribution in [-0.4, -0.2) is 42.1 Å². The van der Waals surface area contributed by atoms with Gasteiger partial charge in [0.05, 0.1) is 17.4 Å². The van der Waals surface area contributed by atoms with Crippen molar-refractivity contribution in [1.29, 1.82) is 0 Å². The highest BCUT2D eigenvalue weighted by Gasteiger charge is 2.30. The topological polar surface area (TPSA) is 88.8 Å². The Hall–Kier alpha value is -3.55. The fraction of sp³-hybridized carbons (Fsp3) is 0.318. The lowest BCUT2D eigenvalue weighted by Crippen LogP contribution is -2.29. The molecule has 1 saturated heterocycles. The van der Waals surface area contributed by atoms with Crippen molar-refractivity contribution in [3.05, 3.63) is 65.5 Å². The van der Waals surface area contributed by atoms with Crippen molar-refractivity contribution in [2.45, 2.75) is 32.7 Å². The van der Waals surface area contributed by atoms with Crippen molar-refractivity contribution in [2.75, 3.05) is 11.9 Å². The first-order valence-electron chi connectivity index (χ1n) is 10.0. The summed E-state index contributed by atoms with van der Waals surface area (Å²) in [5.74, 6) is 2.09. The summed E-state index contributed by atoms with van der Waals surface area (Å²) < 4.78 is 1.73. The van der Waals surface area contributed by atoms with E-state index in [9.17, 15) is 4.79 Å². The molecule has 30 heavy (non-hydrogen) atoms. The van der Waals surface area contributed by atoms with E-state index in [2.05, 4.69) is 25.4 Å². The average molecular weight is 403 g/mol. The van der Waals surface area contributed by atoms with Gasteiger partial charge in [-0.2, -0.15) is 5.10 Å². The minimum absolute atomic E-state index is 0.0231. The van der Waals surface area contributed by atoms with E-state index in [-0.39, 0.29) is 11.9 Å². The van der Waals surface area contributed by atoms with E-state index in [4.69, 9.17) is 0 Å². The number of amides is 1. The average Bonchev–Trinajstić information content (AvgIpc) is 3.37. The highest BCUT2D eigenvalue weighted by atomic mass is 16.2. The van der Waals surface area contributed by atoms with Crippen LogP contribution in [0.2, 0.25) is 0 Å². The van der Waals surface area contributed by atoms with E-state index in [1.54, 1.807) is 29.2 Å². The molecule has 0 aromatic carbocycles. The summed E-state index contributed by atoms with van der Waals surface area (Å²) >= 11 is 0. The van der Waals surface area contributed by atoms with E-state index >= 15 is 0 Å². The van der Waals surface area contributed by atoms with Crippen LogP contribution < -0.4 is 5.32 Å². The first-order chi connectivity index (χ1) is 14.5. The Bertz CT molecular complexity index is 1090. The van der Waals surface area contributed by atoms with Gasteiger partial charge in [-0.25, -0.2) is 15.0 Å². The molecule has 0 radical (unpaired) electrons. The summed E-state index contributed by atoms with van der Waals surface area (Å²) in [5.41, 5.74) is 2.76. The van der Waals surface area contributed by atoms with Crippen LogP contribution in [0.4, 0.5) is 11.6 Å². The lowest BCUT2D eigenvalue weighted by Gasteiger charge is -2.23. The molecule has 154 valence electrons. The fourth-order valence-electron chi connectivity index (χ4n) is 3.70. The number of pyridine rings is 1. The Labute approximate surface area is 175 Å². The molecular formula is C22H25N7O. The van der Waals surface area contributed by atoms with Gasteiger partial charge in [0, 0.05) is 38.1 Å². The van der Waals surface area contributed by atoms with Crippen molar-refractivity contribution in [3.8, 4) is 0 Å². The summed E-state index contributed by atoms with van der Waals surface area (Å²) in [7, 11) is 1.85. The summed E-state index contributed by atoms with van der Waals surface area (Å²) in [6.07, 6.45) is 8.69. The monoisotopic (exact) mass is 403 g/mol. The Morgan fingerprint density at radius 1 is 1.23 bits per heavy atom. The standard InChI is InChI=1S/C22H25N7O/c1-15-6-4-11-23-22(15)27-20-14-18(25-16(2)26-20)19-7-5-13-29(19)21(30)9-8-17-10-12-24-28(17)3/h4,6,8-12,14,19H,5,7,13H2,1-3H3,(H,23,25,26,27)/b9-8+. The molecule has 0 bridgehead atoms. The molecule has 0 aliphatic carbocycles. The van der Waals surface area contributed by atoms with E-state index in [1.165, 1.54) is 0 Å². The molecule has 1 fully saturated rings. The number of hydrogen-bond acceptors (Lipinski definition) is 6. The van der Waals surface area contributed by atoms with Gasteiger partial charge >= 0.3 is 0 Å². The highest BCUT2D eigenvalue weighted by molar-refractivity contribution is 5.92. The second-order valence-electron chi connectivity index (χ2n) is 7.42. The maximum atomic E-state index is 12.9. The molecule has 0 saturated carbocycles. The zero-order valence-corrected chi connectivity index (χ0v) is 17.4. The minimum Gasteiger partial charge on any atom is -0.331 e. The van der Waals surface area contributed by atoms with Gasteiger partial charge in [0.25, 0.3) is 0 Å². The second kappa shape index (κ2) is 8.44. The van der Waals surface area contributed by atoms with Crippen LogP contribution in [0.3, 0.4) is 0 Å². The molecule has 8 heteroatoms.